The first kappa shape index (κ1) is 19.8. The molecule has 0 bridgehead atoms. The Kier molecular flexibility index (Phi) is 4.92. The number of amides is 4. The number of carbonyl (C=O) groups is 4. The zero-order valence-corrected chi connectivity index (χ0v) is 15.6. The van der Waals surface area contributed by atoms with E-state index in [-0.39, 0.29) is 22.6 Å². The summed E-state index contributed by atoms with van der Waals surface area (Å²) in [6, 6.07) is 12.5. The molecule has 1 aromatic heterocycles. The Morgan fingerprint density at radius 3 is 2.29 bits per heavy atom. The number of barbiturate groups is 1. The Balaban J connectivity index is 1.63. The average molecular weight is 419 g/mol. The maximum absolute atomic E-state index is 13.2. The monoisotopic (exact) mass is 419 g/mol. The average Bonchev–Trinajstić information content (AvgIpc) is 3.21. The molecule has 1 saturated heterocycles. The summed E-state index contributed by atoms with van der Waals surface area (Å²) in [5.74, 6) is -3.12. The van der Waals surface area contributed by atoms with Crippen LogP contribution in [0.15, 0.2) is 70.7 Å². The lowest BCUT2D eigenvalue weighted by atomic mass is 10.1. The molecule has 8 nitrogen and oxygen atoms in total. The Morgan fingerprint density at radius 2 is 1.65 bits per heavy atom. The Labute approximate surface area is 174 Å². The van der Waals surface area contributed by atoms with Gasteiger partial charge in [-0.3, -0.25) is 14.9 Å². The fraction of sp³-hybridized carbons (Fsp3) is 0. The van der Waals surface area contributed by atoms with Gasteiger partial charge < -0.3 is 14.3 Å². The number of anilines is 1. The van der Waals surface area contributed by atoms with Crippen LogP contribution in [0.25, 0.3) is 17.4 Å². The van der Waals surface area contributed by atoms with Crippen molar-refractivity contribution in [1.82, 2.24) is 5.32 Å². The highest BCUT2D eigenvalue weighted by Gasteiger charge is 2.37. The highest BCUT2D eigenvalue weighted by atomic mass is 19.1. The van der Waals surface area contributed by atoms with Crippen LogP contribution in [-0.2, 0) is 9.59 Å². The predicted molar refractivity (Wildman–Crippen MR) is 104 cm³/mol. The molecule has 0 atom stereocenters. The van der Waals surface area contributed by atoms with Crippen LogP contribution >= 0.6 is 0 Å². The fourth-order valence-corrected chi connectivity index (χ4v) is 2.98. The van der Waals surface area contributed by atoms with Crippen LogP contribution in [-0.4, -0.2) is 23.8 Å². The number of hydrogen-bond donors (Lipinski definition) is 1. The molecule has 9 heteroatoms. The number of rotatable bonds is 4. The molecule has 0 radical (unpaired) electrons. The SMILES string of the molecule is O=C1NC(=O)N(c2ccc(F)cc2)C(=O)/C1=C\c1ccc(-c2ccc(C(=O)[O-])cc2)o1. The third-order valence-corrected chi connectivity index (χ3v) is 4.51. The van der Waals surface area contributed by atoms with Crippen LogP contribution in [0.5, 0.6) is 0 Å². The Morgan fingerprint density at radius 1 is 0.968 bits per heavy atom. The van der Waals surface area contributed by atoms with Crippen molar-refractivity contribution >= 4 is 35.6 Å². The minimum absolute atomic E-state index is 0.00710. The lowest BCUT2D eigenvalue weighted by Gasteiger charge is -2.26. The van der Waals surface area contributed by atoms with Crippen molar-refractivity contribution in [2.45, 2.75) is 0 Å². The van der Waals surface area contributed by atoms with E-state index < -0.39 is 29.6 Å². The number of carboxylic acid groups (broad SMARTS) is 1. The van der Waals surface area contributed by atoms with E-state index in [9.17, 15) is 28.7 Å². The van der Waals surface area contributed by atoms with Gasteiger partial charge in [-0.25, -0.2) is 14.1 Å². The second-order valence-electron chi connectivity index (χ2n) is 6.50. The molecule has 0 spiro atoms. The van der Waals surface area contributed by atoms with Crippen LogP contribution in [0.2, 0.25) is 0 Å². The molecular formula is C22H12FN2O6-. The summed E-state index contributed by atoms with van der Waals surface area (Å²) in [6.45, 7) is 0. The van der Waals surface area contributed by atoms with E-state index in [0.29, 0.717) is 11.3 Å². The van der Waals surface area contributed by atoms with Gasteiger partial charge in [-0.1, -0.05) is 24.3 Å². The van der Waals surface area contributed by atoms with Crippen LogP contribution in [0.3, 0.4) is 0 Å². The number of nitrogens with one attached hydrogen (secondary N) is 1. The van der Waals surface area contributed by atoms with E-state index in [2.05, 4.69) is 5.32 Å². The summed E-state index contributed by atoms with van der Waals surface area (Å²) in [5.41, 5.74) is 0.317. The predicted octanol–water partition coefficient (Wildman–Crippen LogP) is 2.12. The van der Waals surface area contributed by atoms with E-state index in [0.717, 1.165) is 17.0 Å². The number of urea groups is 1. The quantitative estimate of drug-likeness (QED) is 0.511. The van der Waals surface area contributed by atoms with Gasteiger partial charge in [-0.15, -0.1) is 0 Å². The van der Waals surface area contributed by atoms with Gasteiger partial charge in [0.25, 0.3) is 11.8 Å². The number of imide groups is 2. The van der Waals surface area contributed by atoms with Crippen molar-refractivity contribution in [1.29, 1.82) is 0 Å². The molecule has 3 aromatic rings. The van der Waals surface area contributed by atoms with Gasteiger partial charge >= 0.3 is 6.03 Å². The molecule has 154 valence electrons. The summed E-state index contributed by atoms with van der Waals surface area (Å²) in [7, 11) is 0. The molecule has 2 heterocycles. The number of nitrogens with zero attached hydrogens (tertiary/aromatic N) is 1. The normalized spacial score (nSPS) is 15.3. The molecule has 0 unspecified atom stereocenters. The van der Waals surface area contributed by atoms with Crippen molar-refractivity contribution in [3.8, 4) is 11.3 Å². The van der Waals surface area contributed by atoms with E-state index in [1.165, 1.54) is 48.5 Å². The second kappa shape index (κ2) is 7.71. The van der Waals surface area contributed by atoms with Gasteiger partial charge in [-0.05, 0) is 48.0 Å². The van der Waals surface area contributed by atoms with Crippen molar-refractivity contribution in [3.05, 3.63) is 83.4 Å². The summed E-state index contributed by atoms with van der Waals surface area (Å²) >= 11 is 0. The van der Waals surface area contributed by atoms with Gasteiger partial charge in [0, 0.05) is 5.56 Å². The van der Waals surface area contributed by atoms with Gasteiger partial charge in [0.05, 0.1) is 11.7 Å². The minimum Gasteiger partial charge on any atom is -0.545 e. The Bertz CT molecular complexity index is 1240. The number of hydrogen-bond acceptors (Lipinski definition) is 6. The van der Waals surface area contributed by atoms with Crippen molar-refractivity contribution in [3.63, 3.8) is 0 Å². The van der Waals surface area contributed by atoms with Crippen LogP contribution < -0.4 is 15.3 Å². The molecule has 1 aliphatic heterocycles. The number of halogens is 1. The highest BCUT2D eigenvalue weighted by Crippen LogP contribution is 2.26. The minimum atomic E-state index is -1.31. The van der Waals surface area contributed by atoms with Gasteiger partial charge in [0.15, 0.2) is 0 Å². The standard InChI is InChI=1S/C22H13FN2O6/c23-14-5-7-15(8-6-14)25-20(27)17(19(26)24-22(25)30)11-16-9-10-18(31-16)12-1-3-13(4-2-12)21(28)29/h1-11H,(H,28,29)(H,24,26,30)/p-1/b17-11-. The molecule has 1 aliphatic rings. The molecule has 1 fully saturated rings. The number of carbonyl (C=O) groups excluding carboxylic acids is 4. The maximum Gasteiger partial charge on any atom is 0.335 e. The summed E-state index contributed by atoms with van der Waals surface area (Å²) in [5, 5.41) is 12.9. The first-order valence-corrected chi connectivity index (χ1v) is 8.92. The molecule has 0 saturated carbocycles. The fourth-order valence-electron chi connectivity index (χ4n) is 2.98. The van der Waals surface area contributed by atoms with E-state index in [4.69, 9.17) is 4.42 Å². The molecule has 1 N–H and O–H groups in total. The van der Waals surface area contributed by atoms with E-state index in [1.807, 2.05) is 0 Å². The number of furan rings is 1. The topological polar surface area (TPSA) is 120 Å². The van der Waals surface area contributed by atoms with Crippen molar-refractivity contribution in [2.24, 2.45) is 0 Å². The second-order valence-corrected chi connectivity index (χ2v) is 6.50. The van der Waals surface area contributed by atoms with Crippen molar-refractivity contribution in [2.75, 3.05) is 4.90 Å². The van der Waals surface area contributed by atoms with Gasteiger partial charge in [-0.2, -0.15) is 0 Å². The summed E-state index contributed by atoms with van der Waals surface area (Å²) in [4.78, 5) is 48.7. The molecule has 4 rings (SSSR count). The number of aromatic carboxylic acids is 1. The Hall–Kier alpha value is -4.53. The van der Waals surface area contributed by atoms with E-state index >= 15 is 0 Å². The third kappa shape index (κ3) is 3.84. The molecule has 0 aliphatic carbocycles. The van der Waals surface area contributed by atoms with Crippen LogP contribution in [0, 0.1) is 5.82 Å². The first-order chi connectivity index (χ1) is 14.8. The zero-order valence-electron chi connectivity index (χ0n) is 15.6. The smallest absolute Gasteiger partial charge is 0.335 e. The van der Waals surface area contributed by atoms with Gasteiger partial charge in [0.1, 0.15) is 22.9 Å². The summed E-state index contributed by atoms with van der Waals surface area (Å²) < 4.78 is 18.8. The molecule has 4 amide bonds. The lowest BCUT2D eigenvalue weighted by Crippen LogP contribution is -2.54. The number of benzene rings is 2. The maximum atomic E-state index is 13.2. The molecular weight excluding hydrogens is 407 g/mol. The largest absolute Gasteiger partial charge is 0.545 e. The first-order valence-electron chi connectivity index (χ1n) is 8.92. The molecule has 2 aromatic carbocycles. The third-order valence-electron chi connectivity index (χ3n) is 4.51. The number of carboxylic acids is 1. The van der Waals surface area contributed by atoms with Crippen LogP contribution in [0.4, 0.5) is 14.9 Å². The van der Waals surface area contributed by atoms with E-state index in [1.54, 1.807) is 6.07 Å². The molecule has 31 heavy (non-hydrogen) atoms. The van der Waals surface area contributed by atoms with Crippen molar-refractivity contribution < 1.29 is 33.1 Å². The summed E-state index contributed by atoms with van der Waals surface area (Å²) in [6.07, 6.45) is 1.18. The highest BCUT2D eigenvalue weighted by molar-refractivity contribution is 6.39. The van der Waals surface area contributed by atoms with Crippen LogP contribution in [0.1, 0.15) is 16.1 Å². The van der Waals surface area contributed by atoms with Gasteiger partial charge in [0.2, 0.25) is 0 Å². The lowest BCUT2D eigenvalue weighted by molar-refractivity contribution is -0.255. The zero-order chi connectivity index (χ0) is 22.1.